The molecule has 0 unspecified atom stereocenters. The molecule has 0 fully saturated rings. The average molecular weight is 542 g/mol. The predicted molar refractivity (Wildman–Crippen MR) is 155 cm³/mol. The molecule has 2 nitrogen and oxygen atoms in total. The van der Waals surface area contributed by atoms with Gasteiger partial charge in [0.2, 0.25) is 0 Å². The Balaban J connectivity index is 2.14. The van der Waals surface area contributed by atoms with Gasteiger partial charge in [-0.05, 0) is 42.2 Å². The van der Waals surface area contributed by atoms with Gasteiger partial charge in [-0.2, -0.15) is 0 Å². The van der Waals surface area contributed by atoms with E-state index >= 15 is 0 Å². The van der Waals surface area contributed by atoms with E-state index in [0.717, 1.165) is 33.4 Å². The molecule has 0 radical (unpaired) electrons. The third kappa shape index (κ3) is 5.11. The second-order valence-electron chi connectivity index (χ2n) is 11.7. The van der Waals surface area contributed by atoms with E-state index < -0.39 is 0 Å². The van der Waals surface area contributed by atoms with Crippen LogP contribution in [0.3, 0.4) is 0 Å². The smallest absolute Gasteiger partial charge is 0.154 e. The highest BCUT2D eigenvalue weighted by molar-refractivity contribution is 7.19. The SMILES string of the molecule is Cc1cc(C(c2cc3ccccc3s2)c2cc(C)cc(C(C)(C)C)c2OCl)c(OCl)c(C(C)(C)C)c1. The summed E-state index contributed by atoms with van der Waals surface area (Å²) in [6.45, 7) is 17.3. The molecule has 0 aliphatic heterocycles. The number of thiophene rings is 1. The highest BCUT2D eigenvalue weighted by Gasteiger charge is 2.33. The first-order chi connectivity index (χ1) is 16.8. The summed E-state index contributed by atoms with van der Waals surface area (Å²) in [5.41, 5.74) is 6.11. The normalized spacial score (nSPS) is 12.4. The van der Waals surface area contributed by atoms with Crippen LogP contribution < -0.4 is 8.58 Å². The molecule has 0 amide bonds. The first-order valence-electron chi connectivity index (χ1n) is 12.2. The summed E-state index contributed by atoms with van der Waals surface area (Å²) >= 11 is 14.3. The highest BCUT2D eigenvalue weighted by atomic mass is 35.5. The fourth-order valence-corrected chi connectivity index (χ4v) is 6.48. The molecule has 0 spiro atoms. The van der Waals surface area contributed by atoms with Crippen molar-refractivity contribution in [1.82, 2.24) is 0 Å². The maximum absolute atomic E-state index is 6.25. The van der Waals surface area contributed by atoms with Crippen molar-refractivity contribution in [1.29, 1.82) is 0 Å². The third-order valence-electron chi connectivity index (χ3n) is 6.65. The van der Waals surface area contributed by atoms with Crippen molar-refractivity contribution in [2.24, 2.45) is 0 Å². The molecule has 0 N–H and O–H groups in total. The van der Waals surface area contributed by atoms with Crippen molar-refractivity contribution in [2.75, 3.05) is 0 Å². The molecule has 5 heteroatoms. The van der Waals surface area contributed by atoms with Gasteiger partial charge in [0.1, 0.15) is 23.7 Å². The molecular weight excluding hydrogens is 507 g/mol. The molecule has 4 aromatic rings. The van der Waals surface area contributed by atoms with Crippen LogP contribution in [0.4, 0.5) is 0 Å². The van der Waals surface area contributed by atoms with E-state index in [0.29, 0.717) is 11.5 Å². The van der Waals surface area contributed by atoms with Crippen LogP contribution in [0.2, 0.25) is 0 Å². The van der Waals surface area contributed by atoms with E-state index in [9.17, 15) is 0 Å². The topological polar surface area (TPSA) is 18.5 Å². The molecule has 0 atom stereocenters. The number of fused-ring (bicyclic) bond motifs is 1. The summed E-state index contributed by atoms with van der Waals surface area (Å²) in [6.07, 6.45) is 0. The minimum Gasteiger partial charge on any atom is -0.385 e. The van der Waals surface area contributed by atoms with Crippen LogP contribution in [0.25, 0.3) is 10.1 Å². The second kappa shape index (κ2) is 9.93. The van der Waals surface area contributed by atoms with Crippen LogP contribution in [0.1, 0.15) is 85.7 Å². The summed E-state index contributed by atoms with van der Waals surface area (Å²) in [5.74, 6) is 1.19. The molecule has 190 valence electrons. The van der Waals surface area contributed by atoms with Crippen molar-refractivity contribution in [3.05, 3.63) is 92.9 Å². The number of benzene rings is 3. The lowest BCUT2D eigenvalue weighted by Crippen LogP contribution is -2.17. The van der Waals surface area contributed by atoms with Crippen LogP contribution in [0, 0.1) is 13.8 Å². The summed E-state index contributed by atoms with van der Waals surface area (Å²) in [4.78, 5) is 1.18. The Hall–Kier alpha value is -2.20. The lowest BCUT2D eigenvalue weighted by atomic mass is 9.77. The van der Waals surface area contributed by atoms with E-state index in [2.05, 4.69) is 110 Å². The van der Waals surface area contributed by atoms with Gasteiger partial charge in [-0.15, -0.1) is 11.3 Å². The van der Waals surface area contributed by atoms with E-state index in [1.165, 1.54) is 15.0 Å². The first-order valence-corrected chi connectivity index (χ1v) is 13.6. The highest BCUT2D eigenvalue weighted by Crippen LogP contribution is 2.50. The van der Waals surface area contributed by atoms with E-state index in [4.69, 9.17) is 32.3 Å². The number of halogens is 2. The van der Waals surface area contributed by atoms with Crippen molar-refractivity contribution < 1.29 is 8.58 Å². The van der Waals surface area contributed by atoms with Crippen molar-refractivity contribution in [3.8, 4) is 11.5 Å². The van der Waals surface area contributed by atoms with Crippen LogP contribution in [-0.2, 0) is 10.8 Å². The summed E-state index contributed by atoms with van der Waals surface area (Å²) in [7, 11) is 0. The maximum atomic E-state index is 6.25. The van der Waals surface area contributed by atoms with Gasteiger partial charge >= 0.3 is 0 Å². The maximum Gasteiger partial charge on any atom is 0.154 e. The molecule has 36 heavy (non-hydrogen) atoms. The molecule has 0 saturated heterocycles. The molecule has 0 bridgehead atoms. The first kappa shape index (κ1) is 26.9. The van der Waals surface area contributed by atoms with Gasteiger partial charge in [0.05, 0.1) is 5.92 Å². The largest absolute Gasteiger partial charge is 0.385 e. The zero-order valence-electron chi connectivity index (χ0n) is 22.3. The van der Waals surface area contributed by atoms with Crippen molar-refractivity contribution >= 4 is 45.2 Å². The fourth-order valence-electron chi connectivity index (χ4n) is 4.94. The molecule has 0 aliphatic rings. The summed E-state index contributed by atoms with van der Waals surface area (Å²) in [6, 6.07) is 19.4. The number of hydrogen-bond donors (Lipinski definition) is 0. The van der Waals surface area contributed by atoms with E-state index in [1.54, 1.807) is 11.3 Å². The van der Waals surface area contributed by atoms with Crippen molar-refractivity contribution in [3.63, 3.8) is 0 Å². The van der Waals surface area contributed by atoms with Crippen LogP contribution in [-0.4, -0.2) is 0 Å². The Morgan fingerprint density at radius 2 is 1.17 bits per heavy atom. The lowest BCUT2D eigenvalue weighted by Gasteiger charge is -2.29. The monoisotopic (exact) mass is 540 g/mol. The third-order valence-corrected chi connectivity index (χ3v) is 8.13. The molecular formula is C31H34Cl2O2S. The van der Waals surface area contributed by atoms with E-state index in [-0.39, 0.29) is 16.7 Å². The van der Waals surface area contributed by atoms with Gasteiger partial charge in [0.25, 0.3) is 0 Å². The molecule has 4 rings (SSSR count). The number of aryl methyl sites for hydroxylation is 2. The Morgan fingerprint density at radius 3 is 1.58 bits per heavy atom. The van der Waals surface area contributed by atoms with Crippen LogP contribution >= 0.6 is 35.1 Å². The van der Waals surface area contributed by atoms with Gasteiger partial charge in [-0.1, -0.05) is 95.1 Å². The Kier molecular flexibility index (Phi) is 7.41. The number of rotatable bonds is 5. The molecule has 1 heterocycles. The standard InChI is InChI=1S/C31H34Cl2O2S/c1-18-13-21(28(34-32)23(15-18)30(3,4)5)27(26-17-20-11-9-10-12-25(20)36-26)22-14-19(2)16-24(29(22)35-33)31(6,7)8/h9-17,27H,1-8H3. The molecule has 0 saturated carbocycles. The zero-order valence-corrected chi connectivity index (χ0v) is 24.6. The van der Waals surface area contributed by atoms with Gasteiger partial charge in [0.15, 0.2) is 11.5 Å². The minimum atomic E-state index is -0.188. The zero-order chi connectivity index (χ0) is 26.4. The van der Waals surface area contributed by atoms with Gasteiger partial charge in [-0.25, -0.2) is 0 Å². The van der Waals surface area contributed by atoms with Crippen LogP contribution in [0.5, 0.6) is 11.5 Å². The molecule has 1 aromatic heterocycles. The fraction of sp³-hybridized carbons (Fsp3) is 0.355. The van der Waals surface area contributed by atoms with E-state index in [1.807, 2.05) is 0 Å². The Morgan fingerprint density at radius 1 is 0.694 bits per heavy atom. The summed E-state index contributed by atoms with van der Waals surface area (Å²) in [5, 5.41) is 1.21. The number of hydrogen-bond acceptors (Lipinski definition) is 3. The Bertz CT molecular complexity index is 1300. The average Bonchev–Trinajstić information content (AvgIpc) is 3.21. The van der Waals surface area contributed by atoms with Gasteiger partial charge in [0, 0.05) is 31.8 Å². The molecule has 3 aromatic carbocycles. The minimum absolute atomic E-state index is 0.162. The lowest BCUT2D eigenvalue weighted by molar-refractivity contribution is 0.523. The summed E-state index contributed by atoms with van der Waals surface area (Å²) < 4.78 is 12.5. The van der Waals surface area contributed by atoms with Gasteiger partial charge in [-0.3, -0.25) is 0 Å². The van der Waals surface area contributed by atoms with Crippen molar-refractivity contribution in [2.45, 2.75) is 72.1 Å². The quantitative estimate of drug-likeness (QED) is 0.250. The Labute approximate surface area is 229 Å². The predicted octanol–water partition coefficient (Wildman–Crippen LogP) is 10.4. The second-order valence-corrected chi connectivity index (χ2v) is 13.2. The van der Waals surface area contributed by atoms with Gasteiger partial charge < -0.3 is 8.58 Å². The molecule has 0 aliphatic carbocycles. The van der Waals surface area contributed by atoms with Crippen LogP contribution in [0.15, 0.2) is 54.6 Å².